The Morgan fingerprint density at radius 2 is 0.652 bits per heavy atom. The Morgan fingerprint density at radius 1 is 0.319 bits per heavy atom. The first-order chi connectivity index (χ1) is 34.0. The molecule has 1 unspecified atom stereocenters. The molecule has 69 heavy (non-hydrogen) atoms. The van der Waals surface area contributed by atoms with Crippen molar-refractivity contribution in [2.75, 3.05) is 13.2 Å². The van der Waals surface area contributed by atoms with Crippen molar-refractivity contribution in [3.8, 4) is 0 Å². The molecule has 0 radical (unpaired) electrons. The molecule has 0 aliphatic carbocycles. The summed E-state index contributed by atoms with van der Waals surface area (Å²) in [4.78, 5) is 38.1. The van der Waals surface area contributed by atoms with Gasteiger partial charge < -0.3 is 14.2 Å². The second-order valence-corrected chi connectivity index (χ2v) is 18.5. The molecule has 0 fully saturated rings. The van der Waals surface area contributed by atoms with Gasteiger partial charge in [0.05, 0.1) is 0 Å². The number of esters is 3. The maximum Gasteiger partial charge on any atom is 0.306 e. The Labute approximate surface area is 425 Å². The van der Waals surface area contributed by atoms with Crippen LogP contribution in [0.3, 0.4) is 0 Å². The van der Waals surface area contributed by atoms with Crippen LogP contribution < -0.4 is 0 Å². The molecule has 0 rings (SSSR count). The largest absolute Gasteiger partial charge is 0.462 e. The normalized spacial score (nSPS) is 12.9. The van der Waals surface area contributed by atoms with Crippen LogP contribution in [0.1, 0.15) is 252 Å². The summed E-state index contributed by atoms with van der Waals surface area (Å²) in [5.74, 6) is -1.02. The van der Waals surface area contributed by atoms with Crippen LogP contribution in [-0.4, -0.2) is 37.2 Å². The molecule has 0 heterocycles. The van der Waals surface area contributed by atoms with Gasteiger partial charge in [-0.15, -0.1) is 0 Å². The van der Waals surface area contributed by atoms with Gasteiger partial charge in [0.2, 0.25) is 0 Å². The average Bonchev–Trinajstić information content (AvgIpc) is 3.35. The fraction of sp³-hybridized carbons (Fsp3) is 0.667. The SMILES string of the molecule is CC/C=C\C/C=C\C/C=C\C/C=C\C/C=C\CCC(=O)OCC(COC(=O)CCCCCCC\C=C/C=C\C=C/CCCCCCC)OC(=O)CCCCCCCCC/C=C\CCCCCCCC. The molecule has 0 aromatic heterocycles. The molecule has 0 saturated heterocycles. The highest BCUT2D eigenvalue weighted by molar-refractivity contribution is 5.71. The number of carbonyl (C=O) groups is 3. The molecule has 6 heteroatoms. The second kappa shape index (κ2) is 56.7. The number of rotatable bonds is 50. The van der Waals surface area contributed by atoms with Crippen molar-refractivity contribution in [1.29, 1.82) is 0 Å². The van der Waals surface area contributed by atoms with Gasteiger partial charge >= 0.3 is 17.9 Å². The van der Waals surface area contributed by atoms with E-state index in [1.807, 2.05) is 6.08 Å². The minimum Gasteiger partial charge on any atom is -0.462 e. The number of ether oxygens (including phenoxy) is 3. The lowest BCUT2D eigenvalue weighted by Crippen LogP contribution is -2.30. The molecule has 0 saturated carbocycles. The van der Waals surface area contributed by atoms with Crippen molar-refractivity contribution in [2.45, 2.75) is 258 Å². The van der Waals surface area contributed by atoms with E-state index in [9.17, 15) is 14.4 Å². The lowest BCUT2D eigenvalue weighted by atomic mass is 10.1. The number of carbonyl (C=O) groups excluding carboxylic acids is 3. The van der Waals surface area contributed by atoms with Crippen LogP contribution in [0.25, 0.3) is 0 Å². The molecule has 0 amide bonds. The molecule has 0 aliphatic heterocycles. The lowest BCUT2D eigenvalue weighted by Gasteiger charge is -2.18. The Bertz CT molecular complexity index is 1420. The highest BCUT2D eigenvalue weighted by Gasteiger charge is 2.19. The van der Waals surface area contributed by atoms with Crippen LogP contribution in [0.4, 0.5) is 0 Å². The topological polar surface area (TPSA) is 78.9 Å². The Balaban J connectivity index is 4.54. The first-order valence-electron chi connectivity index (χ1n) is 28.4. The summed E-state index contributed by atoms with van der Waals surface area (Å²) in [6.45, 7) is 6.42. The summed E-state index contributed by atoms with van der Waals surface area (Å²) in [7, 11) is 0. The second-order valence-electron chi connectivity index (χ2n) is 18.5. The van der Waals surface area contributed by atoms with E-state index in [1.165, 1.54) is 109 Å². The van der Waals surface area contributed by atoms with Gasteiger partial charge in [-0.25, -0.2) is 0 Å². The Morgan fingerprint density at radius 3 is 1.09 bits per heavy atom. The molecule has 0 aliphatic rings. The predicted molar refractivity (Wildman–Crippen MR) is 297 cm³/mol. The van der Waals surface area contributed by atoms with Gasteiger partial charge in [0, 0.05) is 19.3 Å². The maximum absolute atomic E-state index is 12.9. The summed E-state index contributed by atoms with van der Waals surface area (Å²) in [6, 6.07) is 0. The van der Waals surface area contributed by atoms with Gasteiger partial charge in [-0.05, 0) is 103 Å². The van der Waals surface area contributed by atoms with Crippen molar-refractivity contribution in [3.05, 3.63) is 109 Å². The van der Waals surface area contributed by atoms with Crippen LogP contribution in [-0.2, 0) is 28.6 Å². The molecule has 0 aromatic rings. The average molecular weight is 958 g/mol. The quantitative estimate of drug-likeness (QED) is 0.0199. The highest BCUT2D eigenvalue weighted by atomic mass is 16.6. The smallest absolute Gasteiger partial charge is 0.306 e. The molecule has 6 nitrogen and oxygen atoms in total. The zero-order valence-electron chi connectivity index (χ0n) is 44.8. The van der Waals surface area contributed by atoms with E-state index in [4.69, 9.17) is 14.2 Å². The summed E-state index contributed by atoms with van der Waals surface area (Å²) < 4.78 is 16.8. The summed E-state index contributed by atoms with van der Waals surface area (Å²) >= 11 is 0. The third-order valence-corrected chi connectivity index (χ3v) is 11.8. The van der Waals surface area contributed by atoms with Crippen molar-refractivity contribution in [2.24, 2.45) is 0 Å². The van der Waals surface area contributed by atoms with Gasteiger partial charge in [-0.1, -0.05) is 239 Å². The summed E-state index contributed by atoms with van der Waals surface area (Å²) in [6.07, 6.45) is 76.6. The van der Waals surface area contributed by atoms with E-state index < -0.39 is 6.10 Å². The number of allylic oxidation sites excluding steroid dienone is 18. The fourth-order valence-electron chi connectivity index (χ4n) is 7.55. The van der Waals surface area contributed by atoms with Gasteiger partial charge in [-0.3, -0.25) is 14.4 Å². The standard InChI is InChI=1S/C63H104O6/c1-4-7-10-13-16-19-22-25-28-31-33-35-38-41-44-47-50-53-56-62(65)68-59-60(58-67-61(64)55-52-49-46-43-40-37-34-30-27-24-21-18-15-12-9-6-3)69-63(66)57-54-51-48-45-42-39-36-32-29-26-23-20-17-14-11-8-5-2/h9,12,18,21-22,25-31,33,35,37,40,46,49,60H,4-8,10-11,13-17,19-20,23-24,32,34,36,38-39,41-45,47-48,50-59H2,1-3H3/b12-9-,21-18-,25-22-,29-26-,30-27-,31-28-,35-33-,40-37-,49-46-. The molecule has 0 bridgehead atoms. The van der Waals surface area contributed by atoms with Crippen molar-refractivity contribution in [1.82, 2.24) is 0 Å². The molecule has 0 aromatic carbocycles. The highest BCUT2D eigenvalue weighted by Crippen LogP contribution is 2.14. The van der Waals surface area contributed by atoms with Crippen molar-refractivity contribution in [3.63, 3.8) is 0 Å². The lowest BCUT2D eigenvalue weighted by molar-refractivity contribution is -0.166. The molecule has 392 valence electrons. The zero-order valence-corrected chi connectivity index (χ0v) is 44.8. The van der Waals surface area contributed by atoms with E-state index in [-0.39, 0.29) is 37.5 Å². The van der Waals surface area contributed by atoms with E-state index in [1.54, 1.807) is 0 Å². The maximum atomic E-state index is 12.9. The molecular formula is C63H104O6. The van der Waals surface area contributed by atoms with Crippen molar-refractivity contribution >= 4 is 17.9 Å². The molecular weight excluding hydrogens is 853 g/mol. The third-order valence-electron chi connectivity index (χ3n) is 11.8. The van der Waals surface area contributed by atoms with Crippen LogP contribution in [0.5, 0.6) is 0 Å². The number of unbranched alkanes of at least 4 members (excludes halogenated alkanes) is 23. The number of hydrogen-bond donors (Lipinski definition) is 0. The van der Waals surface area contributed by atoms with E-state index in [0.717, 1.165) is 96.3 Å². The predicted octanol–water partition coefficient (Wildman–Crippen LogP) is 19.1. The minimum absolute atomic E-state index is 0.115. The van der Waals surface area contributed by atoms with Gasteiger partial charge in [-0.2, -0.15) is 0 Å². The minimum atomic E-state index is -0.821. The van der Waals surface area contributed by atoms with Gasteiger partial charge in [0.1, 0.15) is 13.2 Å². The summed E-state index contributed by atoms with van der Waals surface area (Å²) in [5, 5.41) is 0. The fourth-order valence-corrected chi connectivity index (χ4v) is 7.55. The molecule has 1 atom stereocenters. The first-order valence-corrected chi connectivity index (χ1v) is 28.4. The van der Waals surface area contributed by atoms with Gasteiger partial charge in [0.25, 0.3) is 0 Å². The molecule has 0 spiro atoms. The van der Waals surface area contributed by atoms with E-state index >= 15 is 0 Å². The van der Waals surface area contributed by atoms with Crippen LogP contribution >= 0.6 is 0 Å². The van der Waals surface area contributed by atoms with E-state index in [2.05, 4.69) is 124 Å². The number of hydrogen-bond acceptors (Lipinski definition) is 6. The third kappa shape index (κ3) is 54.9. The first kappa shape index (κ1) is 65.1. The van der Waals surface area contributed by atoms with Crippen LogP contribution in [0.2, 0.25) is 0 Å². The zero-order chi connectivity index (χ0) is 50.0. The Kier molecular flexibility index (Phi) is 53.4. The Hall–Kier alpha value is -3.93. The summed E-state index contributed by atoms with van der Waals surface area (Å²) in [5.41, 5.74) is 0. The van der Waals surface area contributed by atoms with E-state index in [0.29, 0.717) is 19.3 Å². The molecule has 0 N–H and O–H groups in total. The van der Waals surface area contributed by atoms with Crippen molar-refractivity contribution < 1.29 is 28.6 Å². The monoisotopic (exact) mass is 957 g/mol. The van der Waals surface area contributed by atoms with Crippen LogP contribution in [0.15, 0.2) is 109 Å². The van der Waals surface area contributed by atoms with Crippen LogP contribution in [0, 0.1) is 0 Å². The van der Waals surface area contributed by atoms with Gasteiger partial charge in [0.15, 0.2) is 6.10 Å².